The fourth-order valence-corrected chi connectivity index (χ4v) is 2.40. The first-order chi connectivity index (χ1) is 8.58. The normalized spacial score (nSPS) is 15.1. The van der Waals surface area contributed by atoms with Crippen molar-refractivity contribution in [3.05, 3.63) is 34.9 Å². The molecule has 1 saturated carbocycles. The summed E-state index contributed by atoms with van der Waals surface area (Å²) >= 11 is 0. The van der Waals surface area contributed by atoms with Crippen LogP contribution in [0.3, 0.4) is 0 Å². The molecular weight excluding hydrogens is 222 g/mol. The Morgan fingerprint density at radius 3 is 2.44 bits per heavy atom. The second kappa shape index (κ2) is 5.53. The van der Waals surface area contributed by atoms with E-state index in [1.54, 1.807) is 0 Å². The Morgan fingerprint density at radius 1 is 1.33 bits per heavy atom. The monoisotopic (exact) mass is 245 g/mol. The minimum Gasteiger partial charge on any atom is -0.388 e. The zero-order valence-corrected chi connectivity index (χ0v) is 11.4. The molecule has 98 valence electrons. The van der Waals surface area contributed by atoms with Gasteiger partial charge in [0.15, 0.2) is 0 Å². The molecule has 0 amide bonds. The predicted molar refractivity (Wildman–Crippen MR) is 75.9 cm³/mol. The Bertz CT molecular complexity index is 415. The van der Waals surface area contributed by atoms with Crippen molar-refractivity contribution in [3.63, 3.8) is 0 Å². The van der Waals surface area contributed by atoms with Gasteiger partial charge in [0.25, 0.3) is 0 Å². The third kappa shape index (κ3) is 3.33. The molecule has 1 aliphatic rings. The summed E-state index contributed by atoms with van der Waals surface area (Å²) in [5.41, 5.74) is 9.64. The number of aryl methyl sites for hydroxylation is 2. The lowest BCUT2D eigenvalue weighted by Gasteiger charge is -2.23. The maximum atomic E-state index is 7.36. The molecule has 2 rings (SSSR count). The maximum Gasteiger partial charge on any atom is 0.0918 e. The predicted octanol–water partition coefficient (Wildman–Crippen LogP) is 2.59. The van der Waals surface area contributed by atoms with Crippen LogP contribution < -0.4 is 5.73 Å². The van der Waals surface area contributed by atoms with Crippen LogP contribution in [0.15, 0.2) is 18.2 Å². The summed E-state index contributed by atoms with van der Waals surface area (Å²) in [5, 5.41) is 7.36. The standard InChI is InChI=1S/C15H23N3/c1-11-4-3-5-12(2)14(11)10-18(13-6-7-13)9-8-15(16)17/h3-5,13H,6-10H2,1-2H3,(H3,16,17). The highest BCUT2D eigenvalue weighted by Crippen LogP contribution is 2.29. The van der Waals surface area contributed by atoms with E-state index in [0.29, 0.717) is 18.3 Å². The van der Waals surface area contributed by atoms with E-state index in [4.69, 9.17) is 11.1 Å². The molecule has 0 radical (unpaired) electrons. The summed E-state index contributed by atoms with van der Waals surface area (Å²) in [7, 11) is 0. The van der Waals surface area contributed by atoms with Gasteiger partial charge < -0.3 is 5.73 Å². The first-order valence-corrected chi connectivity index (χ1v) is 6.70. The Hall–Kier alpha value is -1.35. The van der Waals surface area contributed by atoms with Crippen LogP contribution in [-0.2, 0) is 6.54 Å². The Balaban J connectivity index is 2.06. The largest absolute Gasteiger partial charge is 0.388 e. The topological polar surface area (TPSA) is 53.1 Å². The summed E-state index contributed by atoms with van der Waals surface area (Å²) in [6.45, 7) is 6.26. The molecule has 0 bridgehead atoms. The first-order valence-electron chi connectivity index (χ1n) is 6.70. The number of hydrogen-bond donors (Lipinski definition) is 2. The number of amidine groups is 1. The van der Waals surface area contributed by atoms with E-state index in [0.717, 1.165) is 13.1 Å². The number of benzene rings is 1. The Labute approximate surface area is 109 Å². The van der Waals surface area contributed by atoms with Crippen molar-refractivity contribution in [3.8, 4) is 0 Å². The second-order valence-corrected chi connectivity index (χ2v) is 5.35. The fourth-order valence-electron chi connectivity index (χ4n) is 2.40. The summed E-state index contributed by atoms with van der Waals surface area (Å²) in [6, 6.07) is 7.19. The van der Waals surface area contributed by atoms with Crippen molar-refractivity contribution < 1.29 is 0 Å². The van der Waals surface area contributed by atoms with Gasteiger partial charge in [0, 0.05) is 25.6 Å². The highest BCUT2D eigenvalue weighted by molar-refractivity contribution is 5.76. The van der Waals surface area contributed by atoms with E-state index >= 15 is 0 Å². The molecule has 3 N–H and O–H groups in total. The van der Waals surface area contributed by atoms with Gasteiger partial charge in [-0.25, -0.2) is 0 Å². The van der Waals surface area contributed by atoms with Crippen molar-refractivity contribution in [2.24, 2.45) is 5.73 Å². The molecular formula is C15H23N3. The molecule has 1 fully saturated rings. The highest BCUT2D eigenvalue weighted by atomic mass is 15.2. The maximum absolute atomic E-state index is 7.36. The lowest BCUT2D eigenvalue weighted by atomic mass is 10.0. The zero-order chi connectivity index (χ0) is 13.1. The number of rotatable bonds is 6. The van der Waals surface area contributed by atoms with Gasteiger partial charge in [-0.05, 0) is 43.4 Å². The number of nitrogens with two attached hydrogens (primary N) is 1. The summed E-state index contributed by atoms with van der Waals surface area (Å²) < 4.78 is 0. The average Bonchev–Trinajstić information content (AvgIpc) is 3.11. The molecule has 18 heavy (non-hydrogen) atoms. The lowest BCUT2D eigenvalue weighted by Crippen LogP contribution is -2.30. The van der Waals surface area contributed by atoms with Crippen LogP contribution in [0.1, 0.15) is 36.0 Å². The van der Waals surface area contributed by atoms with Gasteiger partial charge in [-0.1, -0.05) is 18.2 Å². The third-order valence-electron chi connectivity index (χ3n) is 3.74. The van der Waals surface area contributed by atoms with Crippen molar-refractivity contribution >= 4 is 5.84 Å². The van der Waals surface area contributed by atoms with Crippen LogP contribution in [-0.4, -0.2) is 23.3 Å². The van der Waals surface area contributed by atoms with Crippen LogP contribution in [0.4, 0.5) is 0 Å². The number of nitrogens with zero attached hydrogens (tertiary/aromatic N) is 1. The minimum atomic E-state index is 0.294. The average molecular weight is 245 g/mol. The van der Waals surface area contributed by atoms with Gasteiger partial charge in [0.2, 0.25) is 0 Å². The van der Waals surface area contributed by atoms with Gasteiger partial charge >= 0.3 is 0 Å². The molecule has 0 atom stereocenters. The quantitative estimate of drug-likeness (QED) is 0.598. The lowest BCUT2D eigenvalue weighted by molar-refractivity contribution is 0.261. The number of nitrogens with one attached hydrogen (secondary N) is 1. The van der Waals surface area contributed by atoms with Gasteiger partial charge in [-0.2, -0.15) is 0 Å². The third-order valence-corrected chi connectivity index (χ3v) is 3.74. The van der Waals surface area contributed by atoms with Crippen molar-refractivity contribution in [2.45, 2.75) is 45.7 Å². The highest BCUT2D eigenvalue weighted by Gasteiger charge is 2.29. The summed E-state index contributed by atoms with van der Waals surface area (Å²) in [6.07, 6.45) is 3.27. The van der Waals surface area contributed by atoms with E-state index in [-0.39, 0.29) is 0 Å². The van der Waals surface area contributed by atoms with Crippen molar-refractivity contribution in [1.29, 1.82) is 5.41 Å². The van der Waals surface area contributed by atoms with Crippen LogP contribution in [0, 0.1) is 19.3 Å². The SMILES string of the molecule is Cc1cccc(C)c1CN(CCC(=N)N)C1CC1. The van der Waals surface area contributed by atoms with Crippen molar-refractivity contribution in [2.75, 3.05) is 6.54 Å². The summed E-state index contributed by atoms with van der Waals surface area (Å²) in [5.74, 6) is 0.294. The van der Waals surface area contributed by atoms with Crippen molar-refractivity contribution in [1.82, 2.24) is 4.90 Å². The van der Waals surface area contributed by atoms with E-state index < -0.39 is 0 Å². The molecule has 0 unspecified atom stereocenters. The van der Waals surface area contributed by atoms with Crippen LogP contribution in [0.25, 0.3) is 0 Å². The molecule has 0 aromatic heterocycles. The molecule has 0 saturated heterocycles. The molecule has 0 spiro atoms. The van der Waals surface area contributed by atoms with Crippen LogP contribution >= 0.6 is 0 Å². The van der Waals surface area contributed by atoms with Gasteiger partial charge in [-0.15, -0.1) is 0 Å². The van der Waals surface area contributed by atoms with E-state index in [9.17, 15) is 0 Å². The molecule has 1 aliphatic carbocycles. The Morgan fingerprint density at radius 2 is 1.94 bits per heavy atom. The van der Waals surface area contributed by atoms with Gasteiger partial charge in [0.05, 0.1) is 5.84 Å². The molecule has 3 heteroatoms. The zero-order valence-electron chi connectivity index (χ0n) is 11.4. The molecule has 1 aromatic carbocycles. The smallest absolute Gasteiger partial charge is 0.0918 e. The van der Waals surface area contributed by atoms with Gasteiger partial charge in [-0.3, -0.25) is 10.3 Å². The molecule has 1 aromatic rings. The fraction of sp³-hybridized carbons (Fsp3) is 0.533. The second-order valence-electron chi connectivity index (χ2n) is 5.35. The first kappa shape index (κ1) is 13.1. The summed E-state index contributed by atoms with van der Waals surface area (Å²) in [4.78, 5) is 2.48. The van der Waals surface area contributed by atoms with E-state index in [2.05, 4.69) is 36.9 Å². The minimum absolute atomic E-state index is 0.294. The van der Waals surface area contributed by atoms with E-state index in [1.807, 2.05) is 0 Å². The Kier molecular flexibility index (Phi) is 4.02. The number of hydrogen-bond acceptors (Lipinski definition) is 2. The molecule has 0 heterocycles. The molecule has 3 nitrogen and oxygen atoms in total. The van der Waals surface area contributed by atoms with Gasteiger partial charge in [0.1, 0.15) is 0 Å². The molecule has 0 aliphatic heterocycles. The van der Waals surface area contributed by atoms with Crippen LogP contribution in [0.2, 0.25) is 0 Å². The van der Waals surface area contributed by atoms with E-state index in [1.165, 1.54) is 29.5 Å². The van der Waals surface area contributed by atoms with Crippen LogP contribution in [0.5, 0.6) is 0 Å².